The number of hydrogen-bond acceptors (Lipinski definition) is 2. The van der Waals surface area contributed by atoms with Gasteiger partial charge in [-0.2, -0.15) is 0 Å². The second-order valence-corrected chi connectivity index (χ2v) is 4.93. The lowest BCUT2D eigenvalue weighted by Gasteiger charge is -2.30. The third-order valence-corrected chi connectivity index (χ3v) is 3.82. The van der Waals surface area contributed by atoms with Crippen LogP contribution in [0, 0.1) is 5.92 Å². The molecule has 0 spiro atoms. The number of amides is 1. The predicted octanol–water partition coefficient (Wildman–Crippen LogP) is 1.64. The molecule has 0 radical (unpaired) electrons. The quantitative estimate of drug-likeness (QED) is 0.817. The van der Waals surface area contributed by atoms with E-state index in [1.807, 2.05) is 49.0 Å². The number of rotatable bonds is 4. The maximum atomic E-state index is 11.9. The summed E-state index contributed by atoms with van der Waals surface area (Å²) in [6.45, 7) is 5.57. The van der Waals surface area contributed by atoms with Gasteiger partial charge in [-0.05, 0) is 6.07 Å². The second kappa shape index (κ2) is 4.55. The van der Waals surface area contributed by atoms with Gasteiger partial charge in [0.25, 0.3) is 0 Å². The molecule has 2 rings (SSSR count). The maximum Gasteiger partial charge on any atom is 0.242 e. The largest absolute Gasteiger partial charge is 0.368 e. The molecule has 0 aliphatic heterocycles. The van der Waals surface area contributed by atoms with E-state index in [1.54, 1.807) is 6.08 Å². The Labute approximate surface area is 112 Å². The highest BCUT2D eigenvalue weighted by Gasteiger charge is 2.40. The summed E-state index contributed by atoms with van der Waals surface area (Å²) in [5.41, 5.74) is 12.4. The number of carbonyl (C=O) groups is 1. The number of aryl methyl sites for hydroxylation is 1. The summed E-state index contributed by atoms with van der Waals surface area (Å²) in [5.74, 6) is -0.799. The van der Waals surface area contributed by atoms with E-state index >= 15 is 0 Å². The Hall–Kier alpha value is -2.07. The van der Waals surface area contributed by atoms with Crippen LogP contribution in [0.25, 0.3) is 10.9 Å². The molecule has 0 saturated heterocycles. The molecule has 1 heterocycles. The molecule has 4 heteroatoms. The van der Waals surface area contributed by atoms with Crippen LogP contribution in [0.2, 0.25) is 0 Å². The SMILES string of the molecule is C=CC(C)[C@@](N)(C(N)=O)c1cn(C)c2ccccc12. The van der Waals surface area contributed by atoms with Crippen LogP contribution < -0.4 is 11.5 Å². The van der Waals surface area contributed by atoms with Crippen molar-refractivity contribution >= 4 is 16.8 Å². The number of fused-ring (bicyclic) bond motifs is 1. The first-order valence-corrected chi connectivity index (χ1v) is 6.18. The summed E-state index contributed by atoms with van der Waals surface area (Å²) < 4.78 is 1.95. The molecular formula is C15H19N3O. The first kappa shape index (κ1) is 13.4. The van der Waals surface area contributed by atoms with E-state index < -0.39 is 11.4 Å². The number of para-hydroxylation sites is 1. The van der Waals surface area contributed by atoms with Gasteiger partial charge in [0.15, 0.2) is 0 Å². The van der Waals surface area contributed by atoms with Crippen molar-refractivity contribution in [2.45, 2.75) is 12.5 Å². The van der Waals surface area contributed by atoms with Gasteiger partial charge in [0, 0.05) is 35.6 Å². The molecular weight excluding hydrogens is 238 g/mol. The average Bonchev–Trinajstić information content (AvgIpc) is 2.75. The van der Waals surface area contributed by atoms with E-state index in [0.717, 1.165) is 16.5 Å². The van der Waals surface area contributed by atoms with E-state index in [1.165, 1.54) is 0 Å². The first-order valence-electron chi connectivity index (χ1n) is 6.18. The molecule has 1 aromatic carbocycles. The zero-order valence-electron chi connectivity index (χ0n) is 11.3. The van der Waals surface area contributed by atoms with Gasteiger partial charge in [-0.1, -0.05) is 31.2 Å². The number of primary amides is 1. The van der Waals surface area contributed by atoms with Gasteiger partial charge in [0.1, 0.15) is 5.54 Å². The minimum atomic E-state index is -1.25. The molecule has 0 bridgehead atoms. The van der Waals surface area contributed by atoms with Gasteiger partial charge in [0.05, 0.1) is 0 Å². The number of carbonyl (C=O) groups excluding carboxylic acids is 1. The summed E-state index contributed by atoms with van der Waals surface area (Å²) in [6, 6.07) is 7.81. The first-order chi connectivity index (χ1) is 8.92. The van der Waals surface area contributed by atoms with Crippen molar-refractivity contribution in [3.63, 3.8) is 0 Å². The highest BCUT2D eigenvalue weighted by Crippen LogP contribution is 2.34. The van der Waals surface area contributed by atoms with E-state index in [2.05, 4.69) is 6.58 Å². The monoisotopic (exact) mass is 257 g/mol. The third-order valence-electron chi connectivity index (χ3n) is 3.82. The topological polar surface area (TPSA) is 74.0 Å². The number of benzene rings is 1. The van der Waals surface area contributed by atoms with Crippen molar-refractivity contribution in [1.29, 1.82) is 0 Å². The van der Waals surface area contributed by atoms with Gasteiger partial charge < -0.3 is 16.0 Å². The Bertz CT molecular complexity index is 644. The van der Waals surface area contributed by atoms with Gasteiger partial charge in [-0.25, -0.2) is 0 Å². The summed E-state index contributed by atoms with van der Waals surface area (Å²) in [7, 11) is 1.92. The van der Waals surface area contributed by atoms with Crippen LogP contribution in [0.5, 0.6) is 0 Å². The maximum absolute atomic E-state index is 11.9. The van der Waals surface area contributed by atoms with Crippen molar-refractivity contribution in [2.24, 2.45) is 24.4 Å². The predicted molar refractivity (Wildman–Crippen MR) is 77.3 cm³/mol. The number of hydrogen-bond donors (Lipinski definition) is 2. The Balaban J connectivity index is 2.77. The fraction of sp³-hybridized carbons (Fsp3) is 0.267. The number of aromatic nitrogens is 1. The molecule has 2 atom stereocenters. The zero-order valence-corrected chi connectivity index (χ0v) is 11.3. The molecule has 0 fully saturated rings. The highest BCUT2D eigenvalue weighted by atomic mass is 16.1. The van der Waals surface area contributed by atoms with Gasteiger partial charge >= 0.3 is 0 Å². The van der Waals surface area contributed by atoms with Crippen LogP contribution in [-0.4, -0.2) is 10.5 Å². The standard InChI is InChI=1S/C15H19N3O/c1-4-10(2)15(17,14(16)19)12-9-18(3)13-8-6-5-7-11(12)13/h4-10H,1,17H2,2-3H3,(H2,16,19)/t10?,15-/m0/s1. The summed E-state index contributed by atoms with van der Waals surface area (Å²) >= 11 is 0. The molecule has 1 aromatic heterocycles. The Kier molecular flexibility index (Phi) is 3.20. The van der Waals surface area contributed by atoms with Crippen LogP contribution >= 0.6 is 0 Å². The Morgan fingerprint density at radius 2 is 2.11 bits per heavy atom. The fourth-order valence-electron chi connectivity index (χ4n) is 2.46. The molecule has 4 nitrogen and oxygen atoms in total. The summed E-state index contributed by atoms with van der Waals surface area (Å²) in [5, 5.41) is 0.944. The van der Waals surface area contributed by atoms with Crippen molar-refractivity contribution in [1.82, 2.24) is 4.57 Å². The van der Waals surface area contributed by atoms with Crippen LogP contribution in [0.1, 0.15) is 12.5 Å². The van der Waals surface area contributed by atoms with E-state index in [0.29, 0.717) is 0 Å². The van der Waals surface area contributed by atoms with Crippen LogP contribution in [0.3, 0.4) is 0 Å². The second-order valence-electron chi connectivity index (χ2n) is 4.93. The molecule has 19 heavy (non-hydrogen) atoms. The lowest BCUT2D eigenvalue weighted by atomic mass is 9.79. The summed E-state index contributed by atoms with van der Waals surface area (Å²) in [4.78, 5) is 11.9. The minimum Gasteiger partial charge on any atom is -0.368 e. The van der Waals surface area contributed by atoms with E-state index in [9.17, 15) is 4.79 Å². The molecule has 100 valence electrons. The number of nitrogens with two attached hydrogens (primary N) is 2. The van der Waals surface area contributed by atoms with Crippen molar-refractivity contribution in [2.75, 3.05) is 0 Å². The summed E-state index contributed by atoms with van der Waals surface area (Å²) in [6.07, 6.45) is 3.53. The smallest absolute Gasteiger partial charge is 0.242 e. The average molecular weight is 257 g/mol. The fourth-order valence-corrected chi connectivity index (χ4v) is 2.46. The van der Waals surface area contributed by atoms with Crippen LogP contribution in [-0.2, 0) is 17.4 Å². The lowest BCUT2D eigenvalue weighted by Crippen LogP contribution is -2.53. The van der Waals surface area contributed by atoms with Crippen molar-refractivity contribution in [3.05, 3.63) is 48.7 Å². The molecule has 0 aliphatic carbocycles. The molecule has 1 amide bonds. The van der Waals surface area contributed by atoms with Crippen LogP contribution in [0.15, 0.2) is 43.1 Å². The Morgan fingerprint density at radius 3 is 2.68 bits per heavy atom. The molecule has 2 aromatic rings. The van der Waals surface area contributed by atoms with Crippen molar-refractivity contribution < 1.29 is 4.79 Å². The van der Waals surface area contributed by atoms with Gasteiger partial charge in [0.2, 0.25) is 5.91 Å². The molecule has 0 aliphatic rings. The normalized spacial score (nSPS) is 15.9. The Morgan fingerprint density at radius 1 is 1.47 bits per heavy atom. The van der Waals surface area contributed by atoms with E-state index in [-0.39, 0.29) is 5.92 Å². The van der Waals surface area contributed by atoms with Gasteiger partial charge in [-0.15, -0.1) is 6.58 Å². The number of nitrogens with zero attached hydrogens (tertiary/aromatic N) is 1. The molecule has 4 N–H and O–H groups in total. The highest BCUT2D eigenvalue weighted by molar-refractivity contribution is 5.94. The van der Waals surface area contributed by atoms with Crippen molar-refractivity contribution in [3.8, 4) is 0 Å². The minimum absolute atomic E-state index is 0.254. The van der Waals surface area contributed by atoms with Gasteiger partial charge in [-0.3, -0.25) is 4.79 Å². The zero-order chi connectivity index (χ0) is 14.2. The van der Waals surface area contributed by atoms with Crippen LogP contribution in [0.4, 0.5) is 0 Å². The lowest BCUT2D eigenvalue weighted by molar-refractivity contribution is -0.124. The van der Waals surface area contributed by atoms with E-state index in [4.69, 9.17) is 11.5 Å². The molecule has 1 unspecified atom stereocenters. The third kappa shape index (κ3) is 1.85. The molecule has 0 saturated carbocycles.